The third-order valence-corrected chi connectivity index (χ3v) is 7.59. The largest absolute Gasteiger partial charge is 0.450 e. The number of urea groups is 2. The van der Waals surface area contributed by atoms with E-state index in [1.807, 2.05) is 0 Å². The summed E-state index contributed by atoms with van der Waals surface area (Å²) in [6, 6.07) is -0.899. The maximum atomic E-state index is 13.0. The van der Waals surface area contributed by atoms with Gasteiger partial charge in [-0.2, -0.15) is 0 Å². The van der Waals surface area contributed by atoms with E-state index >= 15 is 0 Å². The maximum Gasteiger partial charge on any atom is 0.407 e. The van der Waals surface area contributed by atoms with Crippen molar-refractivity contribution in [2.24, 2.45) is 0 Å². The number of ether oxygens (including phenoxy) is 2. The van der Waals surface area contributed by atoms with Crippen molar-refractivity contribution in [1.82, 2.24) is 31.5 Å². The van der Waals surface area contributed by atoms with Gasteiger partial charge in [-0.25, -0.2) is 24.1 Å². The molecule has 5 N–H and O–H groups in total. The molecule has 0 fully saturated rings. The van der Waals surface area contributed by atoms with Crippen LogP contribution in [0.4, 0.5) is 24.0 Å². The van der Waals surface area contributed by atoms with E-state index in [4.69, 9.17) is 15.9 Å². The van der Waals surface area contributed by atoms with Crippen LogP contribution in [0, 0.1) is 106 Å². The van der Waals surface area contributed by atoms with Crippen LogP contribution < -0.4 is 26.6 Å². The van der Waals surface area contributed by atoms with E-state index in [0.29, 0.717) is 58.8 Å². The van der Waals surface area contributed by atoms with E-state index in [1.54, 1.807) is 13.8 Å². The minimum atomic E-state index is -0.452. The maximum absolute atomic E-state index is 13.0. The van der Waals surface area contributed by atoms with Crippen molar-refractivity contribution in [3.8, 4) is 106 Å². The smallest absolute Gasteiger partial charge is 0.407 e. The van der Waals surface area contributed by atoms with Crippen LogP contribution in [0.5, 0.6) is 0 Å². The molecule has 0 atom stereocenters. The molecule has 0 saturated heterocycles. The number of thioether (sulfide) groups is 1. The highest BCUT2D eigenvalue weighted by molar-refractivity contribution is 8.17. The lowest BCUT2D eigenvalue weighted by Crippen LogP contribution is -2.49. The van der Waals surface area contributed by atoms with Crippen LogP contribution in [0.15, 0.2) is 0 Å². The van der Waals surface area contributed by atoms with Gasteiger partial charge in [-0.3, -0.25) is 4.79 Å². The summed E-state index contributed by atoms with van der Waals surface area (Å²) in [7, 11) is 0. The van der Waals surface area contributed by atoms with Crippen LogP contribution in [-0.2, 0) is 9.47 Å². The van der Waals surface area contributed by atoms with Crippen molar-refractivity contribution < 1.29 is 33.4 Å². The molecule has 13 nitrogen and oxygen atoms in total. The van der Waals surface area contributed by atoms with Crippen molar-refractivity contribution in [3.63, 3.8) is 0 Å². The Hall–Kier alpha value is -6.86. The Kier molecular flexibility index (Phi) is 36.0. The fourth-order valence-corrected chi connectivity index (χ4v) is 4.71. The number of rotatable bonds is 23. The van der Waals surface area contributed by atoms with Crippen LogP contribution in [0.25, 0.3) is 0 Å². The average Bonchev–Trinajstić information content (AvgIpc) is 3.22. The third-order valence-electron chi connectivity index (χ3n) is 7.06. The van der Waals surface area contributed by atoms with Gasteiger partial charge in [0.1, 0.15) is 0 Å². The number of terminal acetylenes is 1. The van der Waals surface area contributed by atoms with Gasteiger partial charge in [0.25, 0.3) is 5.24 Å². The number of carbonyl (C=O) groups excluding carboxylic acids is 5. The zero-order chi connectivity index (χ0) is 43.3. The minimum absolute atomic E-state index is 0.262. The van der Waals surface area contributed by atoms with Gasteiger partial charge in [-0.05, 0) is 152 Å². The van der Waals surface area contributed by atoms with Gasteiger partial charge in [-0.15, -0.1) is 6.42 Å². The first-order valence-electron chi connectivity index (χ1n) is 19.4. The molecule has 0 radical (unpaired) electrons. The lowest BCUT2D eigenvalue weighted by Gasteiger charge is -2.22. The minimum Gasteiger partial charge on any atom is -0.450 e. The molecule has 7 amide bonds. The molecule has 310 valence electrons. The van der Waals surface area contributed by atoms with Gasteiger partial charge in [-0.1, -0.05) is 38.5 Å². The van der Waals surface area contributed by atoms with Crippen molar-refractivity contribution in [2.75, 3.05) is 52.5 Å². The second-order valence-corrected chi connectivity index (χ2v) is 12.4. The van der Waals surface area contributed by atoms with Gasteiger partial charge in [0.15, 0.2) is 0 Å². The van der Waals surface area contributed by atoms with E-state index in [2.05, 4.69) is 127 Å². The number of hydrogen-bond donors (Lipinski definition) is 5. The molecule has 0 aromatic rings. The van der Waals surface area contributed by atoms with Crippen LogP contribution in [0.1, 0.15) is 90.9 Å². The molecule has 0 saturated carbocycles. The van der Waals surface area contributed by atoms with Crippen molar-refractivity contribution >= 4 is 41.2 Å². The quantitative estimate of drug-likeness (QED) is 0.0715. The van der Waals surface area contributed by atoms with Gasteiger partial charge in [0.05, 0.1) is 13.2 Å². The molecule has 0 bridgehead atoms. The molecule has 0 aliphatic rings. The molecule has 0 aliphatic heterocycles. The van der Waals surface area contributed by atoms with Gasteiger partial charge in [0.2, 0.25) is 0 Å². The lowest BCUT2D eigenvalue weighted by atomic mass is 10.2. The van der Waals surface area contributed by atoms with Crippen LogP contribution >= 0.6 is 11.8 Å². The number of imide groups is 1. The normalized spacial score (nSPS) is 8.49. The number of nitrogens with one attached hydrogen (secondary N) is 5. The Balaban J connectivity index is 4.47. The lowest BCUT2D eigenvalue weighted by molar-refractivity contribution is 0.151. The van der Waals surface area contributed by atoms with Gasteiger partial charge in [0, 0.05) is 51.0 Å². The summed E-state index contributed by atoms with van der Waals surface area (Å²) in [4.78, 5) is 62.0. The van der Waals surface area contributed by atoms with Crippen molar-refractivity contribution in [2.45, 2.75) is 90.9 Å². The van der Waals surface area contributed by atoms with E-state index < -0.39 is 24.2 Å². The average molecular weight is 821 g/mol. The number of nitrogens with zero attached hydrogens (tertiary/aromatic N) is 1. The van der Waals surface area contributed by atoms with Crippen LogP contribution in [0.2, 0.25) is 0 Å². The molecule has 0 spiro atoms. The first-order valence-corrected chi connectivity index (χ1v) is 20.2. The van der Waals surface area contributed by atoms with Gasteiger partial charge >= 0.3 is 24.2 Å². The molecular weight excluding hydrogens is 769 g/mol. The zero-order valence-corrected chi connectivity index (χ0v) is 34.7. The highest BCUT2D eigenvalue weighted by atomic mass is 32.2. The fourth-order valence-electron chi connectivity index (χ4n) is 4.34. The van der Waals surface area contributed by atoms with Crippen molar-refractivity contribution in [3.05, 3.63) is 0 Å². The molecule has 0 unspecified atom stereocenters. The monoisotopic (exact) mass is 820 g/mol. The fraction of sp³-hybridized carbons (Fsp3) is 0.489. The molecule has 0 heterocycles. The van der Waals surface area contributed by atoms with Gasteiger partial charge < -0.3 is 36.1 Å². The standard InChI is InChI=1S/C45H52N6O7S/c1-4-7-8-9-10-11-12-13-14-15-16-17-18-19-26-33-40-59-45(56)50-38-31-23-21-28-35-47-42(53)51(39-32-25-24-30-37-49-44(55)58-6-3)41(52)46-34-27-20-22-29-36-48-43(54)57-5-2/h1H,5-6,20-25,27-32,34-39H2,2-3H3,(H,46,52)(H,47,53)(H,48,54)(H,49,55)(H,50,56). The molecule has 0 aromatic carbocycles. The molecule has 0 aromatic heterocycles. The topological polar surface area (TPSA) is 167 Å². The van der Waals surface area contributed by atoms with E-state index in [1.165, 1.54) is 4.90 Å². The molecule has 14 heteroatoms. The summed E-state index contributed by atoms with van der Waals surface area (Å²) in [5.74, 6) is 39.3. The zero-order valence-electron chi connectivity index (χ0n) is 33.9. The number of hydrogen-bond acceptors (Lipinski definition) is 8. The molecule has 0 aliphatic carbocycles. The first-order chi connectivity index (χ1) is 28.8. The second kappa shape index (κ2) is 40.8. The first kappa shape index (κ1) is 52.1. The van der Waals surface area contributed by atoms with E-state index in [9.17, 15) is 24.0 Å². The summed E-state index contributed by atoms with van der Waals surface area (Å²) in [6.07, 6.45) is 13.5. The summed E-state index contributed by atoms with van der Waals surface area (Å²) < 4.78 is 9.68. The Morgan fingerprint density at radius 2 is 0.797 bits per heavy atom. The summed E-state index contributed by atoms with van der Waals surface area (Å²) in [6.45, 7) is 6.72. The Morgan fingerprint density at radius 1 is 0.458 bits per heavy atom. The molecule has 0 rings (SSSR count). The van der Waals surface area contributed by atoms with E-state index in [-0.39, 0.29) is 11.8 Å². The molecule has 59 heavy (non-hydrogen) atoms. The Labute approximate surface area is 354 Å². The highest BCUT2D eigenvalue weighted by Crippen LogP contribution is 2.05. The summed E-state index contributed by atoms with van der Waals surface area (Å²) in [5.41, 5.74) is 0. The van der Waals surface area contributed by atoms with Crippen molar-refractivity contribution in [1.29, 1.82) is 0 Å². The number of amides is 7. The Bertz CT molecular complexity index is 1900. The van der Waals surface area contributed by atoms with E-state index in [0.717, 1.165) is 76.0 Å². The predicted octanol–water partition coefficient (Wildman–Crippen LogP) is 4.94. The second-order valence-electron chi connectivity index (χ2n) is 11.6. The number of carbonyl (C=O) groups is 5. The third kappa shape index (κ3) is 36.5. The molecular formula is C45H52N6O7S. The highest BCUT2D eigenvalue weighted by Gasteiger charge is 2.20. The number of unbranched alkanes of at least 4 members (excludes halogenated alkanes) is 9. The Morgan fingerprint density at radius 3 is 1.19 bits per heavy atom. The SMILES string of the molecule is C#CC#CC#CC#CC#CC#CC#CC#CC#CSC(=O)NCCCCCCNC(=O)N(CCCCCCNC(=O)OCC)C(=O)NCCCCCCNC(=O)OCC. The number of alkyl carbamates (subject to hydrolysis) is 2. The predicted molar refractivity (Wildman–Crippen MR) is 231 cm³/mol. The van der Waals surface area contributed by atoms with Crippen LogP contribution in [-0.4, -0.2) is 86.9 Å². The summed E-state index contributed by atoms with van der Waals surface area (Å²) in [5, 5.41) is 16.2. The van der Waals surface area contributed by atoms with Crippen LogP contribution in [0.3, 0.4) is 0 Å². The summed E-state index contributed by atoms with van der Waals surface area (Å²) >= 11 is 0.800.